The molecule has 0 saturated heterocycles. The normalized spacial score (nSPS) is 11.9. The van der Waals surface area contributed by atoms with Crippen LogP contribution in [0.2, 0.25) is 0 Å². The third-order valence-corrected chi connectivity index (χ3v) is 4.13. The van der Waals surface area contributed by atoms with Crippen LogP contribution in [0.3, 0.4) is 0 Å². The minimum absolute atomic E-state index is 0.0549. The second kappa shape index (κ2) is 7.17. The Labute approximate surface area is 140 Å². The van der Waals surface area contributed by atoms with Crippen LogP contribution < -0.4 is 0 Å². The van der Waals surface area contributed by atoms with Crippen LogP contribution >= 0.6 is 0 Å². The summed E-state index contributed by atoms with van der Waals surface area (Å²) in [5.41, 5.74) is 1.52. The highest BCUT2D eigenvalue weighted by Crippen LogP contribution is 2.38. The van der Waals surface area contributed by atoms with E-state index < -0.39 is 29.2 Å². The molecular formula is C19H20O5. The van der Waals surface area contributed by atoms with Crippen molar-refractivity contribution in [2.75, 3.05) is 0 Å². The molecular weight excluding hydrogens is 308 g/mol. The first kappa shape index (κ1) is 17.5. The molecule has 1 atom stereocenters. The topological polar surface area (TPSA) is 94.8 Å². The van der Waals surface area contributed by atoms with Gasteiger partial charge in [-0.15, -0.1) is 0 Å². The van der Waals surface area contributed by atoms with Crippen LogP contribution in [0.1, 0.15) is 53.2 Å². The molecule has 0 aliphatic rings. The highest BCUT2D eigenvalue weighted by Gasteiger charge is 2.25. The summed E-state index contributed by atoms with van der Waals surface area (Å²) in [4.78, 5) is 23.8. The molecule has 5 heteroatoms. The number of benzene rings is 2. The van der Waals surface area contributed by atoms with Gasteiger partial charge in [0.1, 0.15) is 0 Å². The predicted molar refractivity (Wildman–Crippen MR) is 89.7 cm³/mol. The Bertz CT molecular complexity index is 762. The molecule has 0 radical (unpaired) electrons. The zero-order chi connectivity index (χ0) is 17.9. The minimum atomic E-state index is -1.10. The molecule has 126 valence electrons. The van der Waals surface area contributed by atoms with Gasteiger partial charge in [0, 0.05) is 11.1 Å². The average Bonchev–Trinajstić information content (AvgIpc) is 2.58. The van der Waals surface area contributed by atoms with Gasteiger partial charge in [0.05, 0.1) is 11.5 Å². The van der Waals surface area contributed by atoms with Crippen LogP contribution in [-0.2, 0) is 11.2 Å². The number of rotatable bonds is 6. The lowest BCUT2D eigenvalue weighted by Crippen LogP contribution is -2.11. The monoisotopic (exact) mass is 328 g/mol. The van der Waals surface area contributed by atoms with E-state index in [1.165, 1.54) is 12.1 Å². The number of carboxylic acids is 1. The van der Waals surface area contributed by atoms with E-state index in [0.29, 0.717) is 5.56 Å². The van der Waals surface area contributed by atoms with Gasteiger partial charge >= 0.3 is 5.97 Å². The first-order valence-corrected chi connectivity index (χ1v) is 7.81. The van der Waals surface area contributed by atoms with E-state index >= 15 is 0 Å². The largest absolute Gasteiger partial charge is 0.504 e. The summed E-state index contributed by atoms with van der Waals surface area (Å²) in [7, 11) is 0. The third kappa shape index (κ3) is 3.25. The van der Waals surface area contributed by atoms with E-state index in [9.17, 15) is 24.9 Å². The number of carboxylic acid groups (broad SMARTS) is 1. The van der Waals surface area contributed by atoms with Gasteiger partial charge in [-0.05, 0) is 24.5 Å². The van der Waals surface area contributed by atoms with E-state index in [1.807, 2.05) is 19.1 Å². The summed E-state index contributed by atoms with van der Waals surface area (Å²) in [6.07, 6.45) is 1.11. The maximum absolute atomic E-state index is 12.5. The number of phenols is 2. The van der Waals surface area contributed by atoms with E-state index in [4.69, 9.17) is 0 Å². The van der Waals surface area contributed by atoms with Crippen molar-refractivity contribution in [2.24, 2.45) is 0 Å². The van der Waals surface area contributed by atoms with Gasteiger partial charge in [-0.2, -0.15) is 0 Å². The van der Waals surface area contributed by atoms with Gasteiger partial charge in [0.25, 0.3) is 0 Å². The summed E-state index contributed by atoms with van der Waals surface area (Å²) < 4.78 is 0. The third-order valence-electron chi connectivity index (χ3n) is 4.13. The number of carbonyl (C=O) groups is 2. The molecule has 0 amide bonds. The van der Waals surface area contributed by atoms with E-state index in [-0.39, 0.29) is 17.5 Å². The molecule has 0 bridgehead atoms. The number of aromatic hydroxyl groups is 2. The number of aliphatic carboxylic acids is 1. The van der Waals surface area contributed by atoms with Crippen molar-refractivity contribution in [3.05, 3.63) is 58.7 Å². The second-order valence-corrected chi connectivity index (χ2v) is 5.58. The SMILES string of the molecule is CCc1ccc(C(=O)c2ccc(C(CC)C(=O)O)c(O)c2O)cc1. The van der Waals surface area contributed by atoms with E-state index in [2.05, 4.69) is 0 Å². The second-order valence-electron chi connectivity index (χ2n) is 5.58. The van der Waals surface area contributed by atoms with Crippen LogP contribution in [0, 0.1) is 0 Å². The molecule has 0 spiro atoms. The zero-order valence-corrected chi connectivity index (χ0v) is 13.6. The number of hydrogen-bond acceptors (Lipinski definition) is 4. The van der Waals surface area contributed by atoms with Crippen LogP contribution in [0.15, 0.2) is 36.4 Å². The Morgan fingerprint density at radius 1 is 0.958 bits per heavy atom. The van der Waals surface area contributed by atoms with Gasteiger partial charge in [-0.25, -0.2) is 0 Å². The van der Waals surface area contributed by atoms with Crippen molar-refractivity contribution in [3.63, 3.8) is 0 Å². The first-order chi connectivity index (χ1) is 11.4. The van der Waals surface area contributed by atoms with E-state index in [0.717, 1.165) is 12.0 Å². The molecule has 1 unspecified atom stereocenters. The van der Waals surface area contributed by atoms with Gasteiger partial charge < -0.3 is 15.3 Å². The molecule has 0 fully saturated rings. The molecule has 0 aromatic heterocycles. The molecule has 0 heterocycles. The Kier molecular flexibility index (Phi) is 5.24. The lowest BCUT2D eigenvalue weighted by Gasteiger charge is -2.15. The Morgan fingerprint density at radius 3 is 2.08 bits per heavy atom. The van der Waals surface area contributed by atoms with Crippen molar-refractivity contribution in [1.29, 1.82) is 0 Å². The molecule has 0 aliphatic heterocycles. The van der Waals surface area contributed by atoms with Crippen LogP contribution in [-0.4, -0.2) is 27.1 Å². The Balaban J connectivity index is 2.42. The first-order valence-electron chi connectivity index (χ1n) is 7.81. The fraction of sp³-hybridized carbons (Fsp3) is 0.263. The maximum Gasteiger partial charge on any atom is 0.311 e. The number of aryl methyl sites for hydroxylation is 1. The Hall–Kier alpha value is -2.82. The van der Waals surface area contributed by atoms with Gasteiger partial charge in [0.2, 0.25) is 0 Å². The van der Waals surface area contributed by atoms with Crippen molar-refractivity contribution >= 4 is 11.8 Å². The minimum Gasteiger partial charge on any atom is -0.504 e. The number of carbonyl (C=O) groups excluding carboxylic acids is 1. The van der Waals surface area contributed by atoms with Crippen LogP contribution in [0.4, 0.5) is 0 Å². The van der Waals surface area contributed by atoms with Gasteiger partial charge in [-0.1, -0.05) is 44.2 Å². The summed E-state index contributed by atoms with van der Waals surface area (Å²) in [5, 5.41) is 29.5. The lowest BCUT2D eigenvalue weighted by molar-refractivity contribution is -0.138. The zero-order valence-electron chi connectivity index (χ0n) is 13.6. The molecule has 2 rings (SSSR count). The van der Waals surface area contributed by atoms with Crippen molar-refractivity contribution in [3.8, 4) is 11.5 Å². The summed E-state index contributed by atoms with van der Waals surface area (Å²) in [5.74, 6) is -3.61. The van der Waals surface area contributed by atoms with Gasteiger partial charge in [-0.3, -0.25) is 9.59 Å². The molecule has 24 heavy (non-hydrogen) atoms. The molecule has 2 aromatic rings. The summed E-state index contributed by atoms with van der Waals surface area (Å²) >= 11 is 0. The fourth-order valence-electron chi connectivity index (χ4n) is 2.63. The van der Waals surface area contributed by atoms with Crippen LogP contribution in [0.25, 0.3) is 0 Å². The highest BCUT2D eigenvalue weighted by molar-refractivity contribution is 6.11. The van der Waals surface area contributed by atoms with Gasteiger partial charge in [0.15, 0.2) is 17.3 Å². The molecule has 0 saturated carbocycles. The molecule has 2 aromatic carbocycles. The number of ketones is 1. The number of hydrogen-bond donors (Lipinski definition) is 3. The van der Waals surface area contributed by atoms with Crippen molar-refractivity contribution in [1.82, 2.24) is 0 Å². The molecule has 3 N–H and O–H groups in total. The smallest absolute Gasteiger partial charge is 0.311 e. The lowest BCUT2D eigenvalue weighted by atomic mass is 9.92. The molecule has 5 nitrogen and oxygen atoms in total. The van der Waals surface area contributed by atoms with Crippen molar-refractivity contribution in [2.45, 2.75) is 32.6 Å². The highest BCUT2D eigenvalue weighted by atomic mass is 16.4. The van der Waals surface area contributed by atoms with Crippen molar-refractivity contribution < 1.29 is 24.9 Å². The number of phenolic OH excluding ortho intramolecular Hbond substituents is 2. The van der Waals surface area contributed by atoms with Crippen LogP contribution in [0.5, 0.6) is 11.5 Å². The fourth-order valence-corrected chi connectivity index (χ4v) is 2.63. The summed E-state index contributed by atoms with van der Waals surface area (Å²) in [6, 6.07) is 9.72. The standard InChI is InChI=1S/C19H20O5/c1-3-11-5-7-12(8-6-11)16(20)15-10-9-14(17(21)18(15)22)13(4-2)19(23)24/h5-10,13,21-22H,3-4H2,1-2H3,(H,23,24). The quantitative estimate of drug-likeness (QED) is 0.557. The predicted octanol–water partition coefficient (Wildman–Crippen LogP) is 3.47. The summed E-state index contributed by atoms with van der Waals surface area (Å²) in [6.45, 7) is 3.68. The molecule has 0 aliphatic carbocycles. The average molecular weight is 328 g/mol. The maximum atomic E-state index is 12.5. The van der Waals surface area contributed by atoms with E-state index in [1.54, 1.807) is 19.1 Å². The Morgan fingerprint density at radius 2 is 1.58 bits per heavy atom.